The van der Waals surface area contributed by atoms with Crippen molar-refractivity contribution in [3.05, 3.63) is 11.1 Å². The summed E-state index contributed by atoms with van der Waals surface area (Å²) in [6, 6.07) is 0. The Balaban J connectivity index is 2.07. The van der Waals surface area contributed by atoms with Gasteiger partial charge in [0, 0.05) is 0 Å². The van der Waals surface area contributed by atoms with Crippen molar-refractivity contribution in [2.45, 2.75) is 51.6 Å². The molecule has 0 amide bonds. The molecule has 1 rings (SSSR count). The highest BCUT2D eigenvalue weighted by Gasteiger charge is 2.08. The zero-order valence-corrected chi connectivity index (χ0v) is 9.46. The molecule has 0 bridgehead atoms. The van der Waals surface area contributed by atoms with Crippen LogP contribution < -0.4 is 0 Å². The third kappa shape index (κ3) is 4.15. The minimum atomic E-state index is -0.350. The van der Waals surface area contributed by atoms with Crippen LogP contribution >= 0.6 is 11.5 Å². The van der Waals surface area contributed by atoms with Crippen LogP contribution in [0.1, 0.15) is 56.4 Å². The molecule has 80 valence electrons. The van der Waals surface area contributed by atoms with Crippen LogP contribution in [-0.4, -0.2) is 14.7 Å². The zero-order valence-electron chi connectivity index (χ0n) is 8.65. The average Bonchev–Trinajstić information content (AvgIpc) is 2.70. The Morgan fingerprint density at radius 3 is 2.79 bits per heavy atom. The molecule has 3 nitrogen and oxygen atoms in total. The fraction of sp³-hybridized carbons (Fsp3) is 0.800. The molecule has 14 heavy (non-hydrogen) atoms. The van der Waals surface area contributed by atoms with Gasteiger partial charge in [-0.15, -0.1) is 5.10 Å². The first-order valence-corrected chi connectivity index (χ1v) is 6.07. The van der Waals surface area contributed by atoms with Crippen molar-refractivity contribution in [1.82, 2.24) is 9.59 Å². The van der Waals surface area contributed by atoms with Crippen LogP contribution in [-0.2, 0) is 0 Å². The summed E-state index contributed by atoms with van der Waals surface area (Å²) in [4.78, 5) is 0.889. The lowest BCUT2D eigenvalue weighted by Crippen LogP contribution is -1.94. The maximum atomic E-state index is 9.70. The summed E-state index contributed by atoms with van der Waals surface area (Å²) < 4.78 is 3.73. The highest BCUT2D eigenvalue weighted by Crippen LogP contribution is 2.21. The number of nitrogens with zero attached hydrogens (tertiary/aromatic N) is 2. The number of hydrogen-bond donors (Lipinski definition) is 1. The van der Waals surface area contributed by atoms with Crippen molar-refractivity contribution < 1.29 is 5.11 Å². The van der Waals surface area contributed by atoms with Crippen LogP contribution in [0.5, 0.6) is 0 Å². The second kappa shape index (κ2) is 6.90. The molecule has 0 aliphatic heterocycles. The first kappa shape index (κ1) is 11.6. The maximum absolute atomic E-state index is 9.70. The Morgan fingerprint density at radius 2 is 2.14 bits per heavy atom. The first-order valence-electron chi connectivity index (χ1n) is 5.30. The van der Waals surface area contributed by atoms with E-state index in [4.69, 9.17) is 0 Å². The molecule has 1 aromatic rings. The van der Waals surface area contributed by atoms with Gasteiger partial charge in [-0.1, -0.05) is 43.5 Å². The number of aromatic nitrogens is 2. The molecule has 1 aromatic heterocycles. The van der Waals surface area contributed by atoms with Gasteiger partial charge in [-0.2, -0.15) is 0 Å². The van der Waals surface area contributed by atoms with Crippen molar-refractivity contribution >= 4 is 11.5 Å². The minimum Gasteiger partial charge on any atom is -0.387 e. The lowest BCUT2D eigenvalue weighted by molar-refractivity contribution is 0.167. The largest absolute Gasteiger partial charge is 0.387 e. The van der Waals surface area contributed by atoms with Gasteiger partial charge in [-0.3, -0.25) is 0 Å². The van der Waals surface area contributed by atoms with E-state index in [9.17, 15) is 5.11 Å². The van der Waals surface area contributed by atoms with Crippen molar-refractivity contribution in [2.75, 3.05) is 0 Å². The van der Waals surface area contributed by atoms with Crippen LogP contribution in [0.15, 0.2) is 6.20 Å². The summed E-state index contributed by atoms with van der Waals surface area (Å²) in [6.45, 7) is 2.21. The lowest BCUT2D eigenvalue weighted by Gasteiger charge is -2.06. The summed E-state index contributed by atoms with van der Waals surface area (Å²) in [5.41, 5.74) is 0. The Morgan fingerprint density at radius 1 is 1.36 bits per heavy atom. The molecule has 0 aromatic carbocycles. The SMILES string of the molecule is CCCCCCCC(O)c1cnns1. The Kier molecular flexibility index (Phi) is 5.71. The molecule has 0 aliphatic carbocycles. The van der Waals surface area contributed by atoms with Crippen LogP contribution in [0.25, 0.3) is 0 Å². The first-order chi connectivity index (χ1) is 6.84. The molecule has 1 unspecified atom stereocenters. The van der Waals surface area contributed by atoms with Crippen LogP contribution in [0, 0.1) is 0 Å². The normalized spacial score (nSPS) is 13.0. The predicted molar refractivity (Wildman–Crippen MR) is 58.2 cm³/mol. The molecular formula is C10H18N2OS. The van der Waals surface area contributed by atoms with E-state index in [-0.39, 0.29) is 6.10 Å². The van der Waals surface area contributed by atoms with Crippen molar-refractivity contribution in [3.8, 4) is 0 Å². The fourth-order valence-corrected chi connectivity index (χ4v) is 1.93. The lowest BCUT2D eigenvalue weighted by atomic mass is 10.1. The van der Waals surface area contributed by atoms with Crippen molar-refractivity contribution in [2.24, 2.45) is 0 Å². The molecule has 1 atom stereocenters. The van der Waals surface area contributed by atoms with Gasteiger partial charge in [0.25, 0.3) is 0 Å². The number of rotatable bonds is 7. The van der Waals surface area contributed by atoms with Gasteiger partial charge >= 0.3 is 0 Å². The van der Waals surface area contributed by atoms with E-state index in [0.717, 1.165) is 17.7 Å². The summed E-state index contributed by atoms with van der Waals surface area (Å²) in [5, 5.41) is 13.4. The molecule has 0 spiro atoms. The van der Waals surface area contributed by atoms with E-state index in [1.807, 2.05) is 0 Å². The summed E-state index contributed by atoms with van der Waals surface area (Å²) in [7, 11) is 0. The molecule has 1 heterocycles. The van der Waals surface area contributed by atoms with E-state index in [0.29, 0.717) is 0 Å². The predicted octanol–water partition coefficient (Wildman–Crippen LogP) is 2.93. The molecule has 0 fully saturated rings. The van der Waals surface area contributed by atoms with Gasteiger partial charge in [0.2, 0.25) is 0 Å². The van der Waals surface area contributed by atoms with E-state index in [1.54, 1.807) is 6.20 Å². The second-order valence-corrected chi connectivity index (χ2v) is 4.36. The van der Waals surface area contributed by atoms with Gasteiger partial charge < -0.3 is 5.11 Å². The highest BCUT2D eigenvalue weighted by molar-refractivity contribution is 7.05. The van der Waals surface area contributed by atoms with Crippen molar-refractivity contribution in [3.63, 3.8) is 0 Å². The van der Waals surface area contributed by atoms with Gasteiger partial charge in [0.15, 0.2) is 0 Å². The smallest absolute Gasteiger partial charge is 0.0914 e. The van der Waals surface area contributed by atoms with Crippen LogP contribution in [0.4, 0.5) is 0 Å². The molecule has 0 saturated carbocycles. The Bertz CT molecular complexity index is 226. The van der Waals surface area contributed by atoms with Gasteiger partial charge in [0.05, 0.1) is 17.2 Å². The molecule has 1 N–H and O–H groups in total. The van der Waals surface area contributed by atoms with Gasteiger partial charge in [-0.25, -0.2) is 0 Å². The van der Waals surface area contributed by atoms with Crippen LogP contribution in [0.2, 0.25) is 0 Å². The molecule has 0 radical (unpaired) electrons. The fourth-order valence-electron chi connectivity index (χ4n) is 1.41. The third-order valence-electron chi connectivity index (χ3n) is 2.29. The molecular weight excluding hydrogens is 196 g/mol. The Labute approximate surface area is 89.3 Å². The summed E-state index contributed by atoms with van der Waals surface area (Å²) >= 11 is 1.29. The average molecular weight is 214 g/mol. The summed E-state index contributed by atoms with van der Waals surface area (Å²) in [5.74, 6) is 0. The number of aliphatic hydroxyl groups excluding tert-OH is 1. The standard InChI is InChI=1S/C10H18N2OS/c1-2-3-4-5-6-7-9(13)10-8-11-12-14-10/h8-9,13H,2-7H2,1H3. The molecule has 4 heteroatoms. The number of hydrogen-bond acceptors (Lipinski definition) is 4. The minimum absolute atomic E-state index is 0.350. The summed E-state index contributed by atoms with van der Waals surface area (Å²) in [6.07, 6.45) is 8.31. The quantitative estimate of drug-likeness (QED) is 0.710. The molecule has 0 aliphatic rings. The van der Waals surface area contributed by atoms with Crippen LogP contribution in [0.3, 0.4) is 0 Å². The van der Waals surface area contributed by atoms with Gasteiger partial charge in [0.1, 0.15) is 0 Å². The van der Waals surface area contributed by atoms with E-state index in [1.165, 1.54) is 37.2 Å². The topological polar surface area (TPSA) is 46.0 Å². The van der Waals surface area contributed by atoms with E-state index in [2.05, 4.69) is 16.5 Å². The van der Waals surface area contributed by atoms with Crippen molar-refractivity contribution in [1.29, 1.82) is 0 Å². The third-order valence-corrected chi connectivity index (χ3v) is 3.05. The Hall–Kier alpha value is -0.480. The van der Waals surface area contributed by atoms with E-state index < -0.39 is 0 Å². The number of aliphatic hydroxyl groups is 1. The monoisotopic (exact) mass is 214 g/mol. The highest BCUT2D eigenvalue weighted by atomic mass is 32.1. The maximum Gasteiger partial charge on any atom is 0.0914 e. The zero-order chi connectivity index (χ0) is 10.2. The second-order valence-electron chi connectivity index (χ2n) is 3.54. The molecule has 0 saturated heterocycles. The number of unbranched alkanes of at least 4 members (excludes halogenated alkanes) is 4. The van der Waals surface area contributed by atoms with E-state index >= 15 is 0 Å². The van der Waals surface area contributed by atoms with Gasteiger partial charge in [-0.05, 0) is 18.0 Å².